The molecule has 126 valence electrons. The first kappa shape index (κ1) is 17.0. The number of benzene rings is 2. The highest BCUT2D eigenvalue weighted by Gasteiger charge is 2.21. The number of hydrogen-bond acceptors (Lipinski definition) is 2. The van der Waals surface area contributed by atoms with Gasteiger partial charge in [-0.05, 0) is 42.3 Å². The summed E-state index contributed by atoms with van der Waals surface area (Å²) in [6, 6.07) is 12.5. The molecule has 2 aromatic rings. The van der Waals surface area contributed by atoms with Gasteiger partial charge in [0.05, 0.1) is 6.42 Å². The third-order valence-corrected chi connectivity index (χ3v) is 5.28. The molecule has 0 spiro atoms. The molecule has 0 N–H and O–H groups in total. The van der Waals surface area contributed by atoms with Gasteiger partial charge in [-0.3, -0.25) is 4.79 Å². The molecule has 0 atom stereocenters. The number of nitrogens with zero attached hydrogens (tertiary/aromatic N) is 2. The van der Waals surface area contributed by atoms with Crippen molar-refractivity contribution in [3.8, 4) is 0 Å². The van der Waals surface area contributed by atoms with Crippen molar-refractivity contribution in [2.24, 2.45) is 0 Å². The van der Waals surface area contributed by atoms with E-state index in [1.807, 2.05) is 4.90 Å². The van der Waals surface area contributed by atoms with E-state index in [0.717, 1.165) is 23.1 Å². The highest BCUT2D eigenvalue weighted by molar-refractivity contribution is 9.10. The normalized spacial score (nSPS) is 14.8. The summed E-state index contributed by atoms with van der Waals surface area (Å²) in [4.78, 5) is 16.6. The summed E-state index contributed by atoms with van der Waals surface area (Å²) in [6.07, 6.45) is 0.330. The van der Waals surface area contributed by atoms with Gasteiger partial charge in [-0.1, -0.05) is 34.1 Å². The van der Waals surface area contributed by atoms with Crippen molar-refractivity contribution in [3.63, 3.8) is 0 Å². The monoisotopic (exact) mass is 390 g/mol. The minimum Gasteiger partial charge on any atom is -0.368 e. The van der Waals surface area contributed by atoms with Gasteiger partial charge in [-0.25, -0.2) is 4.39 Å². The number of rotatable bonds is 3. The first-order valence-corrected chi connectivity index (χ1v) is 8.85. The molecule has 3 nitrogen and oxygen atoms in total. The Kier molecular flexibility index (Phi) is 5.19. The van der Waals surface area contributed by atoms with E-state index in [1.54, 1.807) is 12.1 Å². The molecule has 1 heterocycles. The first-order chi connectivity index (χ1) is 11.5. The Morgan fingerprint density at radius 2 is 1.75 bits per heavy atom. The molecule has 0 aliphatic carbocycles. The number of hydrogen-bond donors (Lipinski definition) is 0. The average molecular weight is 391 g/mol. The van der Waals surface area contributed by atoms with Crippen LogP contribution in [0.3, 0.4) is 0 Å². The fraction of sp³-hybridized carbons (Fsp3) is 0.316. The molecule has 0 radical (unpaired) electrons. The Bertz CT molecular complexity index is 725. The van der Waals surface area contributed by atoms with Crippen molar-refractivity contribution < 1.29 is 9.18 Å². The van der Waals surface area contributed by atoms with Crippen LogP contribution in [0.15, 0.2) is 46.9 Å². The zero-order chi connectivity index (χ0) is 17.1. The molecule has 0 aromatic heterocycles. The molecule has 0 saturated carbocycles. The van der Waals surface area contributed by atoms with Crippen LogP contribution in [-0.4, -0.2) is 37.0 Å². The number of aryl methyl sites for hydroxylation is 1. The Morgan fingerprint density at radius 1 is 1.08 bits per heavy atom. The number of amides is 1. The lowest BCUT2D eigenvalue weighted by Crippen LogP contribution is -2.49. The van der Waals surface area contributed by atoms with Crippen LogP contribution in [-0.2, 0) is 11.2 Å². The Labute approximate surface area is 150 Å². The standard InChI is InChI=1S/C19H20BrFN2O/c1-14-2-7-17(13-18(14)20)22-8-10-23(11-9-22)19(24)12-15-3-5-16(21)6-4-15/h2-7,13H,8-12H2,1H3. The zero-order valence-electron chi connectivity index (χ0n) is 13.6. The van der Waals surface area contributed by atoms with Gasteiger partial charge in [-0.2, -0.15) is 0 Å². The van der Waals surface area contributed by atoms with Crippen LogP contribution in [0.25, 0.3) is 0 Å². The summed E-state index contributed by atoms with van der Waals surface area (Å²) in [5.41, 5.74) is 3.25. The summed E-state index contributed by atoms with van der Waals surface area (Å²) < 4.78 is 14.0. The molecule has 1 saturated heterocycles. The van der Waals surface area contributed by atoms with Crippen LogP contribution < -0.4 is 4.90 Å². The molecule has 24 heavy (non-hydrogen) atoms. The maximum atomic E-state index is 12.9. The SMILES string of the molecule is Cc1ccc(N2CCN(C(=O)Cc3ccc(F)cc3)CC2)cc1Br. The van der Waals surface area contributed by atoms with E-state index in [0.29, 0.717) is 19.5 Å². The number of piperazine rings is 1. The van der Waals surface area contributed by atoms with E-state index in [1.165, 1.54) is 23.4 Å². The van der Waals surface area contributed by atoms with Crippen molar-refractivity contribution in [3.05, 3.63) is 63.9 Å². The zero-order valence-corrected chi connectivity index (χ0v) is 15.2. The molecule has 1 fully saturated rings. The van der Waals surface area contributed by atoms with Gasteiger partial charge in [0.25, 0.3) is 0 Å². The highest BCUT2D eigenvalue weighted by atomic mass is 79.9. The van der Waals surface area contributed by atoms with Crippen LogP contribution >= 0.6 is 15.9 Å². The summed E-state index contributed by atoms with van der Waals surface area (Å²) in [5, 5.41) is 0. The molecule has 5 heteroatoms. The van der Waals surface area contributed by atoms with Crippen LogP contribution in [0.5, 0.6) is 0 Å². The third-order valence-electron chi connectivity index (χ3n) is 4.42. The molecule has 1 aliphatic rings. The van der Waals surface area contributed by atoms with E-state index < -0.39 is 0 Å². The lowest BCUT2D eigenvalue weighted by molar-refractivity contribution is -0.130. The van der Waals surface area contributed by atoms with Gasteiger partial charge in [0.2, 0.25) is 5.91 Å². The van der Waals surface area contributed by atoms with Crippen LogP contribution in [0.1, 0.15) is 11.1 Å². The van der Waals surface area contributed by atoms with E-state index in [9.17, 15) is 9.18 Å². The molecule has 0 unspecified atom stereocenters. The first-order valence-electron chi connectivity index (χ1n) is 8.06. The largest absolute Gasteiger partial charge is 0.368 e. The van der Waals surface area contributed by atoms with Crippen LogP contribution in [0.2, 0.25) is 0 Å². The predicted octanol–water partition coefficient (Wildman–Crippen LogP) is 3.79. The Morgan fingerprint density at radius 3 is 2.38 bits per heavy atom. The Balaban J connectivity index is 1.57. The van der Waals surface area contributed by atoms with Gasteiger partial charge in [0, 0.05) is 36.3 Å². The molecule has 1 aliphatic heterocycles. The van der Waals surface area contributed by atoms with Crippen molar-refractivity contribution in [1.82, 2.24) is 4.90 Å². The van der Waals surface area contributed by atoms with E-state index >= 15 is 0 Å². The summed E-state index contributed by atoms with van der Waals surface area (Å²) in [5.74, 6) is -0.171. The van der Waals surface area contributed by atoms with E-state index in [2.05, 4.69) is 46.0 Å². The fourth-order valence-electron chi connectivity index (χ4n) is 2.88. The fourth-order valence-corrected chi connectivity index (χ4v) is 3.25. The predicted molar refractivity (Wildman–Crippen MR) is 97.8 cm³/mol. The van der Waals surface area contributed by atoms with Crippen LogP contribution in [0.4, 0.5) is 10.1 Å². The van der Waals surface area contributed by atoms with Gasteiger partial charge >= 0.3 is 0 Å². The molecule has 2 aromatic carbocycles. The molecular weight excluding hydrogens is 371 g/mol. The quantitative estimate of drug-likeness (QED) is 0.795. The van der Waals surface area contributed by atoms with E-state index in [4.69, 9.17) is 0 Å². The number of halogens is 2. The lowest BCUT2D eigenvalue weighted by atomic mass is 10.1. The van der Waals surface area contributed by atoms with Crippen molar-refractivity contribution in [2.45, 2.75) is 13.3 Å². The second-order valence-corrected chi connectivity index (χ2v) is 6.96. The lowest BCUT2D eigenvalue weighted by Gasteiger charge is -2.36. The topological polar surface area (TPSA) is 23.6 Å². The third kappa shape index (κ3) is 3.96. The van der Waals surface area contributed by atoms with Crippen LogP contribution in [0, 0.1) is 12.7 Å². The van der Waals surface area contributed by atoms with Gasteiger partial charge in [-0.15, -0.1) is 0 Å². The van der Waals surface area contributed by atoms with Crippen molar-refractivity contribution in [2.75, 3.05) is 31.1 Å². The minimum absolute atomic E-state index is 0.103. The summed E-state index contributed by atoms with van der Waals surface area (Å²) in [7, 11) is 0. The van der Waals surface area contributed by atoms with Crippen molar-refractivity contribution >= 4 is 27.5 Å². The molecule has 0 bridgehead atoms. The number of anilines is 1. The number of carbonyl (C=O) groups excluding carboxylic acids is 1. The van der Waals surface area contributed by atoms with E-state index in [-0.39, 0.29) is 11.7 Å². The van der Waals surface area contributed by atoms with Gasteiger partial charge in [0.15, 0.2) is 0 Å². The molecular formula is C19H20BrFN2O. The highest BCUT2D eigenvalue weighted by Crippen LogP contribution is 2.24. The second-order valence-electron chi connectivity index (χ2n) is 6.10. The maximum absolute atomic E-state index is 12.9. The minimum atomic E-state index is -0.274. The van der Waals surface area contributed by atoms with Crippen molar-refractivity contribution in [1.29, 1.82) is 0 Å². The maximum Gasteiger partial charge on any atom is 0.227 e. The molecule has 3 rings (SSSR count). The van der Waals surface area contributed by atoms with Gasteiger partial charge in [0.1, 0.15) is 5.82 Å². The summed E-state index contributed by atoms with van der Waals surface area (Å²) in [6.45, 7) is 5.15. The Hall–Kier alpha value is -1.88. The second kappa shape index (κ2) is 7.34. The summed E-state index contributed by atoms with van der Waals surface area (Å²) >= 11 is 3.57. The molecule has 1 amide bonds. The van der Waals surface area contributed by atoms with Gasteiger partial charge < -0.3 is 9.80 Å². The average Bonchev–Trinajstić information content (AvgIpc) is 2.59. The smallest absolute Gasteiger partial charge is 0.227 e. The number of carbonyl (C=O) groups is 1.